The van der Waals surface area contributed by atoms with Gasteiger partial charge in [0.15, 0.2) is 5.60 Å². The topological polar surface area (TPSA) is 96.3 Å². The first-order chi connectivity index (χ1) is 13.4. The Bertz CT molecular complexity index is 753. The number of nitrogens with zero attached hydrogens (tertiary/aromatic N) is 1. The Hall–Kier alpha value is -1.68. The van der Waals surface area contributed by atoms with E-state index in [4.69, 9.17) is 4.74 Å². The first-order valence-corrected chi connectivity index (χ1v) is 11.0. The highest BCUT2D eigenvalue weighted by Crippen LogP contribution is 2.44. The van der Waals surface area contributed by atoms with E-state index < -0.39 is 19.3 Å². The van der Waals surface area contributed by atoms with Crippen molar-refractivity contribution in [3.63, 3.8) is 0 Å². The second kappa shape index (κ2) is 10.2. The van der Waals surface area contributed by atoms with Gasteiger partial charge in [-0.05, 0) is 24.3 Å². The van der Waals surface area contributed by atoms with Crippen LogP contribution >= 0.6 is 7.75 Å². The molecule has 0 heterocycles. The third-order valence-electron chi connectivity index (χ3n) is 5.16. The normalized spacial score (nSPS) is 19.2. The predicted molar refractivity (Wildman–Crippen MR) is 105 cm³/mol. The number of hydrogen-bond acceptors (Lipinski definition) is 5. The van der Waals surface area contributed by atoms with Gasteiger partial charge >= 0.3 is 13.7 Å². The van der Waals surface area contributed by atoms with Gasteiger partial charge in [-0.15, -0.1) is 0 Å². The highest BCUT2D eigenvalue weighted by Gasteiger charge is 2.47. The molecule has 0 spiro atoms. The van der Waals surface area contributed by atoms with Crippen LogP contribution in [0.3, 0.4) is 0 Å². The van der Waals surface area contributed by atoms with Crippen molar-refractivity contribution in [2.75, 3.05) is 20.2 Å². The lowest BCUT2D eigenvalue weighted by molar-refractivity contribution is -0.168. The van der Waals surface area contributed by atoms with Gasteiger partial charge in [0.2, 0.25) is 0 Å². The standard InChI is InChI=1S/C20H28NO6P/c1-3-21(28(24,25)26-2)15-10-16-27-19(22)20(23,17-11-6-4-7-12-17)18-13-8-5-9-14-18/h4,6-7,11-12,18,23H,3,5,8-9,13-15H2,1-2H3,(H,24,25). The molecule has 154 valence electrons. The Morgan fingerprint density at radius 2 is 1.93 bits per heavy atom. The van der Waals surface area contributed by atoms with E-state index in [1.54, 1.807) is 31.2 Å². The summed E-state index contributed by atoms with van der Waals surface area (Å²) in [7, 11) is -2.77. The number of esters is 1. The number of rotatable bonds is 7. The summed E-state index contributed by atoms with van der Waals surface area (Å²) in [5.41, 5.74) is -1.28. The lowest BCUT2D eigenvalue weighted by Crippen LogP contribution is -2.44. The number of carbonyl (C=O) groups excluding carboxylic acids is 1. The quantitative estimate of drug-likeness (QED) is 0.406. The van der Waals surface area contributed by atoms with Crippen LogP contribution in [0.25, 0.3) is 0 Å². The van der Waals surface area contributed by atoms with Crippen LogP contribution in [0.1, 0.15) is 44.6 Å². The Labute approximate surface area is 166 Å². The van der Waals surface area contributed by atoms with E-state index in [0.717, 1.165) is 43.9 Å². The van der Waals surface area contributed by atoms with Gasteiger partial charge in [-0.3, -0.25) is 0 Å². The molecule has 2 atom stereocenters. The monoisotopic (exact) mass is 409 g/mol. The van der Waals surface area contributed by atoms with Gasteiger partial charge in [0, 0.05) is 19.6 Å². The SMILES string of the molecule is CCN(CC#COC(=O)C(O)(c1ccccc1)C1CCCCC1)P(=O)(O)OC. The van der Waals surface area contributed by atoms with E-state index in [0.29, 0.717) is 5.56 Å². The first-order valence-electron chi connectivity index (χ1n) is 9.47. The molecule has 0 aliphatic heterocycles. The Morgan fingerprint density at radius 3 is 2.50 bits per heavy atom. The summed E-state index contributed by atoms with van der Waals surface area (Å²) >= 11 is 0. The average molecular weight is 409 g/mol. The first kappa shape index (κ1) is 22.6. The molecule has 8 heteroatoms. The largest absolute Gasteiger partial charge is 0.406 e. The lowest BCUT2D eigenvalue weighted by Gasteiger charge is -2.36. The predicted octanol–water partition coefficient (Wildman–Crippen LogP) is 3.03. The van der Waals surface area contributed by atoms with Crippen LogP contribution in [0.15, 0.2) is 30.3 Å². The van der Waals surface area contributed by atoms with Gasteiger partial charge in [-0.1, -0.05) is 56.5 Å². The zero-order chi connectivity index (χ0) is 20.6. The molecular formula is C20H28NO6P. The van der Waals surface area contributed by atoms with Crippen LogP contribution in [0.2, 0.25) is 0 Å². The van der Waals surface area contributed by atoms with Gasteiger partial charge < -0.3 is 19.3 Å². The molecule has 7 nitrogen and oxygen atoms in total. The van der Waals surface area contributed by atoms with E-state index in [9.17, 15) is 19.4 Å². The van der Waals surface area contributed by atoms with Crippen LogP contribution in [-0.2, 0) is 24.2 Å². The number of aliphatic hydroxyl groups is 1. The van der Waals surface area contributed by atoms with Crippen LogP contribution in [0.4, 0.5) is 0 Å². The molecule has 0 radical (unpaired) electrons. The molecule has 1 aliphatic rings. The number of hydrogen-bond donors (Lipinski definition) is 2. The number of carbonyl (C=O) groups is 1. The van der Waals surface area contributed by atoms with Crippen LogP contribution in [0, 0.1) is 17.9 Å². The summed E-state index contributed by atoms with van der Waals surface area (Å²) in [6, 6.07) is 8.78. The highest BCUT2D eigenvalue weighted by molar-refractivity contribution is 7.50. The van der Waals surface area contributed by atoms with Gasteiger partial charge in [-0.25, -0.2) is 9.36 Å². The molecule has 1 aromatic carbocycles. The van der Waals surface area contributed by atoms with Crippen molar-refractivity contribution in [2.45, 2.75) is 44.6 Å². The summed E-state index contributed by atoms with van der Waals surface area (Å²) in [4.78, 5) is 22.5. The molecule has 1 aromatic rings. The molecule has 2 N–H and O–H groups in total. The Balaban J connectivity index is 2.15. The van der Waals surface area contributed by atoms with Crippen LogP contribution in [0.5, 0.6) is 0 Å². The number of benzene rings is 1. The average Bonchev–Trinajstić information content (AvgIpc) is 2.74. The van der Waals surface area contributed by atoms with Crippen molar-refractivity contribution in [1.29, 1.82) is 0 Å². The van der Waals surface area contributed by atoms with Crippen LogP contribution < -0.4 is 0 Å². The number of ether oxygens (including phenoxy) is 1. The summed E-state index contributed by atoms with van der Waals surface area (Å²) in [5, 5.41) is 11.3. The second-order valence-corrected chi connectivity index (χ2v) is 8.70. The maximum absolute atomic E-state index is 12.8. The van der Waals surface area contributed by atoms with Crippen molar-refractivity contribution >= 4 is 13.7 Å². The Morgan fingerprint density at radius 1 is 1.29 bits per heavy atom. The fourth-order valence-electron chi connectivity index (χ4n) is 3.51. The maximum Gasteiger partial charge on any atom is 0.406 e. The van der Waals surface area contributed by atoms with E-state index in [1.807, 2.05) is 6.07 Å². The second-order valence-electron chi connectivity index (χ2n) is 6.79. The van der Waals surface area contributed by atoms with Crippen molar-refractivity contribution in [3.05, 3.63) is 35.9 Å². The molecule has 0 bridgehead atoms. The third-order valence-corrected chi connectivity index (χ3v) is 6.77. The molecule has 28 heavy (non-hydrogen) atoms. The minimum Gasteiger partial charge on any atom is -0.374 e. The molecule has 0 amide bonds. The van der Waals surface area contributed by atoms with E-state index >= 15 is 0 Å². The summed E-state index contributed by atoms with van der Waals surface area (Å²) in [5.74, 6) is 1.48. The van der Waals surface area contributed by atoms with Gasteiger partial charge in [-0.2, -0.15) is 4.67 Å². The lowest BCUT2D eigenvalue weighted by atomic mass is 9.73. The maximum atomic E-state index is 12.8. The van der Waals surface area contributed by atoms with E-state index in [2.05, 4.69) is 16.6 Å². The fraction of sp³-hybridized carbons (Fsp3) is 0.550. The summed E-state index contributed by atoms with van der Waals surface area (Å²) < 4.78 is 22.6. The zero-order valence-electron chi connectivity index (χ0n) is 16.3. The van der Waals surface area contributed by atoms with E-state index in [1.165, 1.54) is 0 Å². The highest BCUT2D eigenvalue weighted by atomic mass is 31.2. The van der Waals surface area contributed by atoms with Crippen molar-refractivity contribution in [2.24, 2.45) is 5.92 Å². The molecule has 1 fully saturated rings. The molecule has 1 aliphatic carbocycles. The van der Waals surface area contributed by atoms with E-state index in [-0.39, 0.29) is 19.0 Å². The van der Waals surface area contributed by atoms with Crippen molar-refractivity contribution < 1.29 is 28.6 Å². The van der Waals surface area contributed by atoms with Gasteiger partial charge in [0.25, 0.3) is 0 Å². The van der Waals surface area contributed by atoms with Crippen molar-refractivity contribution in [1.82, 2.24) is 4.67 Å². The summed E-state index contributed by atoms with van der Waals surface area (Å²) in [6.45, 7) is 1.81. The zero-order valence-corrected chi connectivity index (χ0v) is 17.2. The van der Waals surface area contributed by atoms with Gasteiger partial charge in [0.1, 0.15) is 6.11 Å². The molecule has 0 aromatic heterocycles. The third kappa shape index (κ3) is 5.22. The Kier molecular flexibility index (Phi) is 8.23. The minimum absolute atomic E-state index is 0.113. The minimum atomic E-state index is -3.91. The van der Waals surface area contributed by atoms with Crippen molar-refractivity contribution in [3.8, 4) is 12.0 Å². The molecule has 1 saturated carbocycles. The van der Waals surface area contributed by atoms with Gasteiger partial charge in [0.05, 0.1) is 6.54 Å². The summed E-state index contributed by atoms with van der Waals surface area (Å²) in [6.07, 6.45) is 6.73. The molecule has 2 rings (SSSR count). The smallest absolute Gasteiger partial charge is 0.374 e. The fourth-order valence-corrected chi connectivity index (χ4v) is 4.35. The molecule has 2 unspecified atom stereocenters. The molecule has 0 saturated heterocycles. The molecular weight excluding hydrogens is 381 g/mol. The van der Waals surface area contributed by atoms with Crippen LogP contribution in [-0.4, -0.2) is 40.8 Å².